The molecular formula is C19H28F3NO3Si. The molecule has 0 saturated carbocycles. The predicted molar refractivity (Wildman–Crippen MR) is 101 cm³/mol. The van der Waals surface area contributed by atoms with E-state index in [9.17, 15) is 18.0 Å². The Balaban J connectivity index is 2.38. The molecule has 0 atom stereocenters. The molecule has 0 aromatic heterocycles. The van der Waals surface area contributed by atoms with Gasteiger partial charge in [0, 0.05) is 13.1 Å². The predicted octanol–water partition coefficient (Wildman–Crippen LogP) is 5.95. The first kappa shape index (κ1) is 21.6. The van der Waals surface area contributed by atoms with Crippen molar-refractivity contribution in [1.29, 1.82) is 0 Å². The lowest BCUT2D eigenvalue weighted by Crippen LogP contribution is -2.44. The van der Waals surface area contributed by atoms with Crippen LogP contribution >= 0.6 is 0 Å². The summed E-state index contributed by atoms with van der Waals surface area (Å²) in [6, 6.07) is 3.68. The summed E-state index contributed by atoms with van der Waals surface area (Å²) in [4.78, 5) is 12.4. The maximum Gasteiger partial charge on any atom is 0.416 e. The van der Waals surface area contributed by atoms with Gasteiger partial charge < -0.3 is 14.4 Å². The minimum absolute atomic E-state index is 0.0837. The third-order valence-electron chi connectivity index (χ3n) is 5.71. The van der Waals surface area contributed by atoms with Crippen LogP contribution in [0.4, 0.5) is 18.0 Å². The zero-order valence-electron chi connectivity index (χ0n) is 16.5. The van der Waals surface area contributed by atoms with Crippen LogP contribution in [0.25, 0.3) is 0 Å². The zero-order valence-corrected chi connectivity index (χ0v) is 17.5. The number of hydrogen-bond acceptors (Lipinski definition) is 2. The topological polar surface area (TPSA) is 49.8 Å². The number of halogens is 3. The number of carboxylic acid groups (broad SMARTS) is 1. The molecule has 1 aromatic carbocycles. The van der Waals surface area contributed by atoms with Crippen molar-refractivity contribution in [1.82, 2.24) is 4.90 Å². The number of rotatable bonds is 3. The fourth-order valence-corrected chi connectivity index (χ4v) is 3.99. The number of amides is 1. The highest BCUT2D eigenvalue weighted by molar-refractivity contribution is 6.74. The maximum absolute atomic E-state index is 13.2. The molecule has 0 spiro atoms. The van der Waals surface area contributed by atoms with Gasteiger partial charge in [0.25, 0.3) is 0 Å². The van der Waals surface area contributed by atoms with Crippen LogP contribution in [0.5, 0.6) is 5.75 Å². The van der Waals surface area contributed by atoms with E-state index in [0.717, 1.165) is 6.07 Å². The lowest BCUT2D eigenvalue weighted by atomic mass is 9.88. The molecule has 8 heteroatoms. The molecule has 1 amide bonds. The Bertz CT molecular complexity index is 690. The highest BCUT2D eigenvalue weighted by atomic mass is 28.4. The number of alkyl halides is 3. The summed E-state index contributed by atoms with van der Waals surface area (Å²) in [5.74, 6) is 0.353. The summed E-state index contributed by atoms with van der Waals surface area (Å²) < 4.78 is 46.1. The summed E-state index contributed by atoms with van der Waals surface area (Å²) in [6.07, 6.45) is -4.44. The van der Waals surface area contributed by atoms with E-state index in [1.165, 1.54) is 17.0 Å². The highest BCUT2D eigenvalue weighted by Crippen LogP contribution is 2.43. The number of likely N-dealkylation sites (tertiary alicyclic amines) is 1. The monoisotopic (exact) mass is 403 g/mol. The van der Waals surface area contributed by atoms with Crippen molar-refractivity contribution in [3.63, 3.8) is 0 Å². The van der Waals surface area contributed by atoms with Crippen LogP contribution in [-0.2, 0) is 6.18 Å². The van der Waals surface area contributed by atoms with Crippen LogP contribution in [0.1, 0.15) is 50.7 Å². The van der Waals surface area contributed by atoms with Gasteiger partial charge in [-0.3, -0.25) is 0 Å². The summed E-state index contributed by atoms with van der Waals surface area (Å²) >= 11 is 0. The number of hydrogen-bond donors (Lipinski definition) is 1. The molecule has 1 fully saturated rings. The van der Waals surface area contributed by atoms with Crippen molar-refractivity contribution >= 4 is 14.4 Å². The van der Waals surface area contributed by atoms with E-state index in [2.05, 4.69) is 33.9 Å². The van der Waals surface area contributed by atoms with Gasteiger partial charge in [0.1, 0.15) is 5.75 Å². The molecule has 1 heterocycles. The van der Waals surface area contributed by atoms with Gasteiger partial charge in [0.15, 0.2) is 0 Å². The van der Waals surface area contributed by atoms with Gasteiger partial charge in [-0.1, -0.05) is 20.8 Å². The van der Waals surface area contributed by atoms with E-state index in [0.29, 0.717) is 37.2 Å². The van der Waals surface area contributed by atoms with Gasteiger partial charge in [-0.15, -0.1) is 0 Å². The Morgan fingerprint density at radius 1 is 1.19 bits per heavy atom. The second-order valence-corrected chi connectivity index (χ2v) is 13.4. The molecule has 2 rings (SSSR count). The number of benzene rings is 1. The van der Waals surface area contributed by atoms with Gasteiger partial charge in [-0.05, 0) is 60.7 Å². The molecule has 27 heavy (non-hydrogen) atoms. The van der Waals surface area contributed by atoms with E-state index in [1.807, 2.05) is 0 Å². The zero-order chi connectivity index (χ0) is 20.6. The van der Waals surface area contributed by atoms with Gasteiger partial charge in [-0.2, -0.15) is 13.2 Å². The van der Waals surface area contributed by atoms with Crippen molar-refractivity contribution in [3.05, 3.63) is 29.3 Å². The Morgan fingerprint density at radius 3 is 2.19 bits per heavy atom. The second-order valence-electron chi connectivity index (χ2n) is 8.66. The van der Waals surface area contributed by atoms with Gasteiger partial charge in [0.2, 0.25) is 8.32 Å². The lowest BCUT2D eigenvalue weighted by molar-refractivity contribution is -0.137. The minimum atomic E-state index is -4.42. The molecule has 1 aromatic rings. The normalized spacial score (nSPS) is 17.1. The largest absolute Gasteiger partial charge is 0.543 e. The van der Waals surface area contributed by atoms with Gasteiger partial charge in [0.05, 0.1) is 5.56 Å². The van der Waals surface area contributed by atoms with Crippen molar-refractivity contribution in [2.45, 2.75) is 63.8 Å². The second kappa shape index (κ2) is 7.37. The van der Waals surface area contributed by atoms with E-state index < -0.39 is 26.2 Å². The van der Waals surface area contributed by atoms with Crippen molar-refractivity contribution in [2.75, 3.05) is 13.1 Å². The number of carbonyl (C=O) groups is 1. The van der Waals surface area contributed by atoms with Gasteiger partial charge >= 0.3 is 12.3 Å². The van der Waals surface area contributed by atoms with E-state index in [1.54, 1.807) is 0 Å². The Kier molecular flexibility index (Phi) is 5.90. The average Bonchev–Trinajstić information content (AvgIpc) is 2.53. The third-order valence-corrected chi connectivity index (χ3v) is 10.1. The summed E-state index contributed by atoms with van der Waals surface area (Å²) in [6.45, 7) is 11.0. The molecule has 0 unspecified atom stereocenters. The maximum atomic E-state index is 13.2. The standard InChI is InChI=1S/C19H28F3NO3Si/c1-18(2,3)27(4,5)26-16-7-6-14(19(20,21)22)12-15(16)13-8-10-23(11-9-13)17(24)25/h6-7,12-13H,8-11H2,1-5H3,(H,24,25). The van der Waals surface area contributed by atoms with E-state index >= 15 is 0 Å². The van der Waals surface area contributed by atoms with Crippen LogP contribution < -0.4 is 4.43 Å². The first-order valence-electron chi connectivity index (χ1n) is 9.10. The number of piperidine rings is 1. The Labute approximate surface area is 159 Å². The molecule has 1 N–H and O–H groups in total. The van der Waals surface area contributed by atoms with Crippen molar-refractivity contribution < 1.29 is 27.5 Å². The van der Waals surface area contributed by atoms with Crippen molar-refractivity contribution in [2.24, 2.45) is 0 Å². The molecule has 4 nitrogen and oxygen atoms in total. The van der Waals surface area contributed by atoms with Crippen LogP contribution in [0.2, 0.25) is 18.1 Å². The molecular weight excluding hydrogens is 375 g/mol. The van der Waals surface area contributed by atoms with Crippen LogP contribution in [0.3, 0.4) is 0 Å². The molecule has 1 aliphatic rings. The summed E-state index contributed by atoms with van der Waals surface area (Å²) in [5, 5.41) is 9.02. The highest BCUT2D eigenvalue weighted by Gasteiger charge is 2.40. The summed E-state index contributed by atoms with van der Waals surface area (Å²) in [5.41, 5.74) is -0.152. The first-order chi connectivity index (χ1) is 12.2. The van der Waals surface area contributed by atoms with Crippen LogP contribution in [-0.4, -0.2) is 37.5 Å². The van der Waals surface area contributed by atoms with Crippen LogP contribution in [0, 0.1) is 0 Å². The molecule has 152 valence electrons. The van der Waals surface area contributed by atoms with Crippen LogP contribution in [0.15, 0.2) is 18.2 Å². The minimum Gasteiger partial charge on any atom is -0.543 e. The fraction of sp³-hybridized carbons (Fsp3) is 0.632. The first-order valence-corrected chi connectivity index (χ1v) is 12.0. The van der Waals surface area contributed by atoms with Crippen molar-refractivity contribution in [3.8, 4) is 5.75 Å². The third kappa shape index (κ3) is 4.97. The van der Waals surface area contributed by atoms with E-state index in [4.69, 9.17) is 9.53 Å². The number of nitrogens with zero attached hydrogens (tertiary/aromatic N) is 1. The molecule has 0 aliphatic carbocycles. The SMILES string of the molecule is CC(C)(C)[Si](C)(C)Oc1ccc(C(F)(F)F)cc1C1CCN(C(=O)O)CC1. The fourth-order valence-electron chi connectivity index (χ4n) is 2.95. The lowest BCUT2D eigenvalue weighted by Gasteiger charge is -2.38. The summed E-state index contributed by atoms with van der Waals surface area (Å²) in [7, 11) is -2.22. The Hall–Kier alpha value is -1.70. The Morgan fingerprint density at radius 2 is 1.74 bits per heavy atom. The molecule has 0 bridgehead atoms. The quantitative estimate of drug-likeness (QED) is 0.635. The molecule has 1 aliphatic heterocycles. The molecule has 0 radical (unpaired) electrons. The van der Waals surface area contributed by atoms with E-state index in [-0.39, 0.29) is 11.0 Å². The smallest absolute Gasteiger partial charge is 0.416 e. The molecule has 1 saturated heterocycles. The van der Waals surface area contributed by atoms with Gasteiger partial charge in [-0.25, -0.2) is 4.79 Å². The average molecular weight is 404 g/mol.